The van der Waals surface area contributed by atoms with E-state index in [-0.39, 0.29) is 18.3 Å². The third-order valence-electron chi connectivity index (χ3n) is 6.11. The van der Waals surface area contributed by atoms with Crippen LogP contribution in [0.5, 0.6) is 5.75 Å². The topological polar surface area (TPSA) is 64.4 Å². The van der Waals surface area contributed by atoms with Crippen LogP contribution in [0.15, 0.2) is 83.4 Å². The summed E-state index contributed by atoms with van der Waals surface area (Å²) in [4.78, 5) is 18.7. The number of carbonyl (C=O) groups excluding carboxylic acids is 1. The quantitative estimate of drug-likeness (QED) is 0.239. The number of para-hydroxylation sites is 1. The lowest BCUT2D eigenvalue weighted by atomic mass is 10.0. The molecule has 0 aliphatic rings. The van der Waals surface area contributed by atoms with Crippen LogP contribution in [0.3, 0.4) is 0 Å². The van der Waals surface area contributed by atoms with Crippen LogP contribution in [0.4, 0.5) is 5.13 Å². The van der Waals surface area contributed by atoms with Crippen LogP contribution >= 0.6 is 11.3 Å². The minimum atomic E-state index is -0.337. The van der Waals surface area contributed by atoms with Gasteiger partial charge in [-0.05, 0) is 42.2 Å². The number of furan rings is 1. The van der Waals surface area contributed by atoms with E-state index >= 15 is 0 Å². The molecular weight excluding hydrogens is 468 g/mol. The fraction of sp³-hybridized carbons (Fsp3) is 0.200. The lowest BCUT2D eigenvalue weighted by Gasteiger charge is -2.07. The van der Waals surface area contributed by atoms with E-state index in [1.807, 2.05) is 61.7 Å². The predicted octanol–water partition coefficient (Wildman–Crippen LogP) is 7.74. The molecule has 0 atom stereocenters. The van der Waals surface area contributed by atoms with E-state index in [1.165, 1.54) is 22.5 Å². The standard InChI is InChI=1S/C30H28N2O3S/c1-19(2)22-12-10-21(11-13-22)16-24-17-31-30(36-24)32-29(33)28-26(25-6-4-5-7-27(25)35-28)18-34-23-14-8-20(3)9-15-23/h4-15,17,19H,16,18H2,1-3H3,(H,31,32,33). The number of hydrogen-bond acceptors (Lipinski definition) is 5. The van der Waals surface area contributed by atoms with Crippen molar-refractivity contribution in [3.05, 3.63) is 112 Å². The molecule has 5 rings (SSSR count). The van der Waals surface area contributed by atoms with Crippen LogP contribution in [0.25, 0.3) is 11.0 Å². The van der Waals surface area contributed by atoms with Gasteiger partial charge in [-0.1, -0.05) is 74.0 Å². The van der Waals surface area contributed by atoms with Gasteiger partial charge in [0.25, 0.3) is 5.91 Å². The van der Waals surface area contributed by atoms with Gasteiger partial charge < -0.3 is 9.15 Å². The fourth-order valence-electron chi connectivity index (χ4n) is 4.04. The third kappa shape index (κ3) is 5.34. The van der Waals surface area contributed by atoms with E-state index < -0.39 is 0 Å². The summed E-state index contributed by atoms with van der Waals surface area (Å²) in [5.41, 5.74) is 5.06. The Morgan fingerprint density at radius 2 is 1.78 bits per heavy atom. The zero-order valence-electron chi connectivity index (χ0n) is 20.6. The molecule has 5 aromatic rings. The summed E-state index contributed by atoms with van der Waals surface area (Å²) in [5.74, 6) is 1.15. The molecule has 182 valence electrons. The van der Waals surface area contributed by atoms with Crippen molar-refractivity contribution in [1.82, 2.24) is 4.98 Å². The summed E-state index contributed by atoms with van der Waals surface area (Å²) in [6, 6.07) is 24.1. The molecule has 0 fully saturated rings. The average Bonchev–Trinajstić information content (AvgIpc) is 3.48. The number of benzene rings is 3. The van der Waals surface area contributed by atoms with Gasteiger partial charge in [-0.15, -0.1) is 11.3 Å². The molecule has 5 nitrogen and oxygen atoms in total. The number of aryl methyl sites for hydroxylation is 1. The highest BCUT2D eigenvalue weighted by molar-refractivity contribution is 7.15. The monoisotopic (exact) mass is 496 g/mol. The van der Waals surface area contributed by atoms with E-state index in [9.17, 15) is 4.79 Å². The van der Waals surface area contributed by atoms with Gasteiger partial charge in [0.05, 0.1) is 0 Å². The minimum absolute atomic E-state index is 0.221. The smallest absolute Gasteiger partial charge is 0.293 e. The van der Waals surface area contributed by atoms with E-state index in [0.717, 1.165) is 28.0 Å². The van der Waals surface area contributed by atoms with Crippen molar-refractivity contribution in [1.29, 1.82) is 0 Å². The van der Waals surface area contributed by atoms with Crippen LogP contribution in [0.1, 0.15) is 57.5 Å². The number of carbonyl (C=O) groups is 1. The molecule has 0 aliphatic carbocycles. The number of thiazole rings is 1. The maximum absolute atomic E-state index is 13.2. The zero-order chi connectivity index (χ0) is 25.1. The summed E-state index contributed by atoms with van der Waals surface area (Å²) in [6.07, 6.45) is 2.59. The number of anilines is 1. The highest BCUT2D eigenvalue weighted by atomic mass is 32.1. The third-order valence-corrected chi connectivity index (χ3v) is 7.02. The minimum Gasteiger partial charge on any atom is -0.489 e. The van der Waals surface area contributed by atoms with Crippen LogP contribution < -0.4 is 10.1 Å². The van der Waals surface area contributed by atoms with Crippen molar-refractivity contribution in [2.24, 2.45) is 0 Å². The Kier molecular flexibility index (Phi) is 6.87. The largest absolute Gasteiger partial charge is 0.489 e. The number of amides is 1. The first-order valence-electron chi connectivity index (χ1n) is 12.0. The molecule has 2 aromatic heterocycles. The maximum atomic E-state index is 13.2. The average molecular weight is 497 g/mol. The molecule has 0 aliphatic heterocycles. The van der Waals surface area contributed by atoms with E-state index in [1.54, 1.807) is 0 Å². The van der Waals surface area contributed by atoms with Crippen LogP contribution in [-0.2, 0) is 13.0 Å². The normalized spacial score (nSPS) is 11.2. The Balaban J connectivity index is 1.32. The molecule has 36 heavy (non-hydrogen) atoms. The van der Waals surface area contributed by atoms with Crippen LogP contribution in [0, 0.1) is 6.92 Å². The van der Waals surface area contributed by atoms with Crippen molar-refractivity contribution < 1.29 is 13.9 Å². The van der Waals surface area contributed by atoms with Crippen molar-refractivity contribution in [3.63, 3.8) is 0 Å². The van der Waals surface area contributed by atoms with Gasteiger partial charge in [0.2, 0.25) is 0 Å². The highest BCUT2D eigenvalue weighted by Crippen LogP contribution is 2.29. The van der Waals surface area contributed by atoms with Crippen LogP contribution in [0.2, 0.25) is 0 Å². The molecule has 0 radical (unpaired) electrons. The summed E-state index contributed by atoms with van der Waals surface area (Å²) in [6.45, 7) is 6.63. The first-order chi connectivity index (χ1) is 17.5. The van der Waals surface area contributed by atoms with Gasteiger partial charge in [-0.2, -0.15) is 0 Å². The van der Waals surface area contributed by atoms with Gasteiger partial charge >= 0.3 is 0 Å². The Labute approximate surface area is 214 Å². The lowest BCUT2D eigenvalue weighted by Crippen LogP contribution is -2.13. The highest BCUT2D eigenvalue weighted by Gasteiger charge is 2.22. The second kappa shape index (κ2) is 10.4. The number of nitrogens with zero attached hydrogens (tertiary/aromatic N) is 1. The van der Waals surface area contributed by atoms with Crippen molar-refractivity contribution in [2.45, 2.75) is 39.7 Å². The lowest BCUT2D eigenvalue weighted by molar-refractivity contribution is 0.0995. The molecule has 1 amide bonds. The summed E-state index contributed by atoms with van der Waals surface area (Å²) < 4.78 is 12.0. The molecule has 0 unspecified atom stereocenters. The van der Waals surface area contributed by atoms with Gasteiger partial charge in [0.1, 0.15) is 17.9 Å². The second-order valence-corrected chi connectivity index (χ2v) is 10.3. The molecule has 0 saturated carbocycles. The predicted molar refractivity (Wildman–Crippen MR) is 145 cm³/mol. The van der Waals surface area contributed by atoms with Gasteiger partial charge in [0, 0.05) is 28.4 Å². The molecule has 6 heteroatoms. The molecule has 1 N–H and O–H groups in total. The molecule has 0 spiro atoms. The zero-order valence-corrected chi connectivity index (χ0v) is 21.4. The molecule has 3 aromatic carbocycles. The van der Waals surface area contributed by atoms with Gasteiger partial charge in [-0.3, -0.25) is 10.1 Å². The first kappa shape index (κ1) is 23.8. The molecular formula is C30H28N2O3S. The first-order valence-corrected chi connectivity index (χ1v) is 12.8. The van der Waals surface area contributed by atoms with Crippen molar-refractivity contribution in [2.75, 3.05) is 5.32 Å². The number of nitrogens with one attached hydrogen (secondary N) is 1. The van der Waals surface area contributed by atoms with Crippen molar-refractivity contribution >= 4 is 33.3 Å². The summed E-state index contributed by atoms with van der Waals surface area (Å²) >= 11 is 1.47. The van der Waals surface area contributed by atoms with E-state index in [2.05, 4.69) is 48.4 Å². The number of fused-ring (bicyclic) bond motifs is 1. The summed E-state index contributed by atoms with van der Waals surface area (Å²) in [5, 5.41) is 4.32. The number of hydrogen-bond donors (Lipinski definition) is 1. The SMILES string of the molecule is Cc1ccc(OCc2c(C(=O)Nc3ncc(Cc4ccc(C(C)C)cc4)s3)oc3ccccc23)cc1. The molecule has 0 bridgehead atoms. The van der Waals surface area contributed by atoms with Gasteiger partial charge in [0.15, 0.2) is 10.9 Å². The second-order valence-electron chi connectivity index (χ2n) is 9.17. The Bertz CT molecular complexity index is 1480. The Morgan fingerprint density at radius 1 is 1.03 bits per heavy atom. The number of aromatic nitrogens is 1. The number of ether oxygens (including phenoxy) is 1. The fourth-order valence-corrected chi connectivity index (χ4v) is 4.88. The van der Waals surface area contributed by atoms with Gasteiger partial charge in [-0.25, -0.2) is 4.98 Å². The number of rotatable bonds is 8. The molecule has 2 heterocycles. The van der Waals surface area contributed by atoms with E-state index in [4.69, 9.17) is 9.15 Å². The Morgan fingerprint density at radius 3 is 2.53 bits per heavy atom. The Hall–Kier alpha value is -3.90. The van der Waals surface area contributed by atoms with Crippen LogP contribution in [-0.4, -0.2) is 10.9 Å². The maximum Gasteiger partial charge on any atom is 0.293 e. The molecule has 0 saturated heterocycles. The van der Waals surface area contributed by atoms with Crippen molar-refractivity contribution in [3.8, 4) is 5.75 Å². The van der Waals surface area contributed by atoms with E-state index in [0.29, 0.717) is 22.2 Å². The summed E-state index contributed by atoms with van der Waals surface area (Å²) in [7, 11) is 0.